The Bertz CT molecular complexity index is 948. The molecule has 1 aliphatic rings. The minimum atomic E-state index is -1.01. The SMILES string of the molecule is O=C(NCC1(O)CCCc2ccccc21)Nc1cccc2ccccc12. The molecule has 1 atom stereocenters. The van der Waals surface area contributed by atoms with Gasteiger partial charge in [-0.15, -0.1) is 0 Å². The first-order valence-electron chi connectivity index (χ1n) is 8.99. The smallest absolute Gasteiger partial charge is 0.319 e. The summed E-state index contributed by atoms with van der Waals surface area (Å²) in [4.78, 5) is 12.4. The molecular weight excluding hydrogens is 324 g/mol. The summed E-state index contributed by atoms with van der Waals surface area (Å²) in [5.74, 6) is 0. The van der Waals surface area contributed by atoms with Crippen molar-refractivity contribution in [2.75, 3.05) is 11.9 Å². The van der Waals surface area contributed by atoms with E-state index in [2.05, 4.69) is 16.7 Å². The number of nitrogens with one attached hydrogen (secondary N) is 2. The van der Waals surface area contributed by atoms with Crippen molar-refractivity contribution in [3.63, 3.8) is 0 Å². The van der Waals surface area contributed by atoms with Gasteiger partial charge in [-0.25, -0.2) is 4.79 Å². The molecule has 3 aromatic carbocycles. The maximum atomic E-state index is 12.4. The van der Waals surface area contributed by atoms with Gasteiger partial charge >= 0.3 is 6.03 Å². The van der Waals surface area contributed by atoms with Crippen LogP contribution in [0, 0.1) is 0 Å². The van der Waals surface area contributed by atoms with Crippen molar-refractivity contribution in [1.82, 2.24) is 5.32 Å². The Morgan fingerprint density at radius 2 is 1.77 bits per heavy atom. The molecular formula is C22H22N2O2. The molecule has 0 aromatic heterocycles. The molecule has 3 N–H and O–H groups in total. The monoisotopic (exact) mass is 346 g/mol. The van der Waals surface area contributed by atoms with Gasteiger partial charge in [0.2, 0.25) is 0 Å². The number of aliphatic hydroxyl groups is 1. The highest BCUT2D eigenvalue weighted by Gasteiger charge is 2.34. The summed E-state index contributed by atoms with van der Waals surface area (Å²) in [5, 5.41) is 18.9. The summed E-state index contributed by atoms with van der Waals surface area (Å²) < 4.78 is 0. The molecule has 4 nitrogen and oxygen atoms in total. The number of benzene rings is 3. The summed E-state index contributed by atoms with van der Waals surface area (Å²) in [6.07, 6.45) is 2.54. The van der Waals surface area contributed by atoms with E-state index >= 15 is 0 Å². The lowest BCUT2D eigenvalue weighted by molar-refractivity contribution is 0.0221. The van der Waals surface area contributed by atoms with E-state index in [1.807, 2.05) is 60.7 Å². The number of amides is 2. The van der Waals surface area contributed by atoms with E-state index in [4.69, 9.17) is 0 Å². The van der Waals surface area contributed by atoms with Gasteiger partial charge in [-0.3, -0.25) is 0 Å². The predicted molar refractivity (Wildman–Crippen MR) is 104 cm³/mol. The fourth-order valence-corrected chi connectivity index (χ4v) is 3.81. The summed E-state index contributed by atoms with van der Waals surface area (Å²) in [6.45, 7) is 0.195. The standard InChI is InChI=1S/C22H22N2O2/c25-21(24-20-13-5-9-16-7-1-3-11-18(16)20)23-15-22(26)14-6-10-17-8-2-4-12-19(17)22/h1-5,7-9,11-13,26H,6,10,14-15H2,(H2,23,24,25). The number of aryl methyl sites for hydroxylation is 1. The number of rotatable bonds is 3. The van der Waals surface area contributed by atoms with Crippen LogP contribution in [0.15, 0.2) is 66.7 Å². The number of anilines is 1. The van der Waals surface area contributed by atoms with Crippen molar-refractivity contribution >= 4 is 22.5 Å². The van der Waals surface area contributed by atoms with Crippen LogP contribution in [0.4, 0.5) is 10.5 Å². The summed E-state index contributed by atoms with van der Waals surface area (Å²) in [7, 11) is 0. The van der Waals surface area contributed by atoms with Gasteiger partial charge in [0.05, 0.1) is 12.2 Å². The first kappa shape index (κ1) is 16.6. The fourth-order valence-electron chi connectivity index (χ4n) is 3.81. The zero-order valence-electron chi connectivity index (χ0n) is 14.5. The molecule has 4 heteroatoms. The Balaban J connectivity index is 1.48. The second-order valence-corrected chi connectivity index (χ2v) is 6.88. The number of carbonyl (C=O) groups is 1. The van der Waals surface area contributed by atoms with E-state index in [1.54, 1.807) is 0 Å². The molecule has 0 radical (unpaired) electrons. The topological polar surface area (TPSA) is 61.4 Å². The Morgan fingerprint density at radius 3 is 2.69 bits per heavy atom. The summed E-state index contributed by atoms with van der Waals surface area (Å²) in [6, 6.07) is 21.4. The molecule has 1 aliphatic carbocycles. The maximum Gasteiger partial charge on any atom is 0.319 e. The van der Waals surface area contributed by atoms with Gasteiger partial charge in [0.25, 0.3) is 0 Å². The van der Waals surface area contributed by atoms with Crippen LogP contribution < -0.4 is 10.6 Å². The minimum Gasteiger partial charge on any atom is -0.383 e. The third-order valence-electron chi connectivity index (χ3n) is 5.13. The van der Waals surface area contributed by atoms with Crippen LogP contribution in [0.3, 0.4) is 0 Å². The molecule has 26 heavy (non-hydrogen) atoms. The van der Waals surface area contributed by atoms with Crippen LogP contribution >= 0.6 is 0 Å². The number of urea groups is 1. The molecule has 2 amide bonds. The normalized spacial score (nSPS) is 19.0. The zero-order valence-corrected chi connectivity index (χ0v) is 14.5. The molecule has 3 aromatic rings. The van der Waals surface area contributed by atoms with Crippen LogP contribution in [-0.4, -0.2) is 17.7 Å². The van der Waals surface area contributed by atoms with Crippen LogP contribution in [0.5, 0.6) is 0 Å². The highest BCUT2D eigenvalue weighted by molar-refractivity contribution is 6.01. The molecule has 4 rings (SSSR count). The van der Waals surface area contributed by atoms with Gasteiger partial charge in [-0.2, -0.15) is 0 Å². The molecule has 0 bridgehead atoms. The molecule has 0 fully saturated rings. The average Bonchev–Trinajstić information content (AvgIpc) is 2.67. The molecule has 1 unspecified atom stereocenters. The molecule has 0 saturated carbocycles. The quantitative estimate of drug-likeness (QED) is 0.666. The second kappa shape index (κ2) is 6.81. The largest absolute Gasteiger partial charge is 0.383 e. The van der Waals surface area contributed by atoms with Crippen LogP contribution in [0.2, 0.25) is 0 Å². The van der Waals surface area contributed by atoms with Crippen molar-refractivity contribution in [1.29, 1.82) is 0 Å². The lowest BCUT2D eigenvalue weighted by atomic mass is 9.79. The highest BCUT2D eigenvalue weighted by atomic mass is 16.3. The van der Waals surface area contributed by atoms with E-state index < -0.39 is 5.60 Å². The Morgan fingerprint density at radius 1 is 1.00 bits per heavy atom. The third-order valence-corrected chi connectivity index (χ3v) is 5.13. The first-order chi connectivity index (χ1) is 12.7. The Kier molecular flexibility index (Phi) is 4.35. The number of carbonyl (C=O) groups excluding carboxylic acids is 1. The predicted octanol–water partition coefficient (Wildman–Crippen LogP) is 4.19. The zero-order chi connectivity index (χ0) is 18.0. The van der Waals surface area contributed by atoms with E-state index in [0.717, 1.165) is 40.4 Å². The van der Waals surface area contributed by atoms with Gasteiger partial charge in [0.15, 0.2) is 0 Å². The molecule has 0 heterocycles. The van der Waals surface area contributed by atoms with Gasteiger partial charge in [-0.1, -0.05) is 60.7 Å². The van der Waals surface area contributed by atoms with Crippen molar-refractivity contribution < 1.29 is 9.90 Å². The van der Waals surface area contributed by atoms with Gasteiger partial charge in [-0.05, 0) is 41.8 Å². The van der Waals surface area contributed by atoms with E-state index in [-0.39, 0.29) is 12.6 Å². The average molecular weight is 346 g/mol. The van der Waals surface area contributed by atoms with Crippen LogP contribution in [-0.2, 0) is 12.0 Å². The number of hydrogen-bond donors (Lipinski definition) is 3. The lowest BCUT2D eigenvalue weighted by Crippen LogP contribution is -2.44. The molecule has 0 aliphatic heterocycles. The van der Waals surface area contributed by atoms with Crippen LogP contribution in [0.1, 0.15) is 24.0 Å². The number of fused-ring (bicyclic) bond motifs is 2. The summed E-state index contributed by atoms with van der Waals surface area (Å²) in [5.41, 5.74) is 1.84. The van der Waals surface area contributed by atoms with Crippen LogP contribution in [0.25, 0.3) is 10.8 Å². The lowest BCUT2D eigenvalue weighted by Gasteiger charge is -2.34. The van der Waals surface area contributed by atoms with Gasteiger partial charge in [0, 0.05) is 5.39 Å². The first-order valence-corrected chi connectivity index (χ1v) is 8.99. The fraction of sp³-hybridized carbons (Fsp3) is 0.227. The van der Waals surface area contributed by atoms with E-state index in [1.165, 1.54) is 0 Å². The highest BCUT2D eigenvalue weighted by Crippen LogP contribution is 2.34. The van der Waals surface area contributed by atoms with E-state index in [9.17, 15) is 9.90 Å². The number of hydrogen-bond acceptors (Lipinski definition) is 2. The second-order valence-electron chi connectivity index (χ2n) is 6.88. The van der Waals surface area contributed by atoms with Crippen molar-refractivity contribution in [2.45, 2.75) is 24.9 Å². The Hall–Kier alpha value is -2.85. The van der Waals surface area contributed by atoms with Crippen molar-refractivity contribution in [3.05, 3.63) is 77.9 Å². The minimum absolute atomic E-state index is 0.195. The molecule has 0 saturated heterocycles. The third kappa shape index (κ3) is 3.16. The van der Waals surface area contributed by atoms with Crippen molar-refractivity contribution in [2.24, 2.45) is 0 Å². The van der Waals surface area contributed by atoms with E-state index in [0.29, 0.717) is 6.42 Å². The Labute approximate surface area is 152 Å². The molecule has 132 valence electrons. The van der Waals surface area contributed by atoms with Gasteiger partial charge in [0.1, 0.15) is 5.60 Å². The summed E-state index contributed by atoms with van der Waals surface area (Å²) >= 11 is 0. The van der Waals surface area contributed by atoms with Gasteiger partial charge < -0.3 is 15.7 Å². The maximum absolute atomic E-state index is 12.4. The molecule has 0 spiro atoms. The van der Waals surface area contributed by atoms with Crippen molar-refractivity contribution in [3.8, 4) is 0 Å².